The van der Waals surface area contributed by atoms with Crippen molar-refractivity contribution in [3.63, 3.8) is 0 Å². The van der Waals surface area contributed by atoms with E-state index in [0.29, 0.717) is 5.56 Å². The standard InChI is InChI=1S/C69H92N4O15S/c1-45(34-39-58(77)85-65(2,3)4)70-64(84)73-54(63(83)88-68(11,12)13)37-38-57(76)71-53(62(82)87-67(8,9)10)36-35-52(74)41-47(43-59(78)86-66(5,6)7)60(79)72-55(40-46-26-18-14-19-27-46)56(75)42-48(61(80)81)44-89-69(49-28-20-15-21-29-49,50-30-22-16-23-31-50)51-32-24-17-25-33-51/h14-33,45,47-48,53-55H,34-44H2,1-13H3,(H,71,76)(H,72,79)(H,80,81)(H2,70,73,84)/t45-,47+,48+,53+,54+,55+/m1/s1. The molecule has 0 aliphatic carbocycles. The van der Waals surface area contributed by atoms with Crippen molar-refractivity contribution in [2.24, 2.45) is 11.8 Å². The molecule has 0 fully saturated rings. The number of aliphatic carboxylic acids is 1. The molecule has 89 heavy (non-hydrogen) atoms. The lowest BCUT2D eigenvalue weighted by molar-refractivity contribution is -0.160. The molecule has 19 nitrogen and oxygen atoms in total. The van der Waals surface area contributed by atoms with Gasteiger partial charge in [0.05, 0.1) is 29.0 Å². The Balaban J connectivity index is 1.57. The van der Waals surface area contributed by atoms with E-state index in [1.54, 1.807) is 120 Å². The van der Waals surface area contributed by atoms with Crippen LogP contribution in [0.1, 0.15) is 170 Å². The third-order valence-corrected chi connectivity index (χ3v) is 15.2. The minimum atomic E-state index is -1.43. The van der Waals surface area contributed by atoms with Crippen LogP contribution in [0.3, 0.4) is 0 Å². The third kappa shape index (κ3) is 26.8. The molecule has 4 aromatic rings. The first-order valence-electron chi connectivity index (χ1n) is 30.2. The van der Waals surface area contributed by atoms with Gasteiger partial charge in [-0.15, -0.1) is 11.8 Å². The summed E-state index contributed by atoms with van der Waals surface area (Å²) >= 11 is 1.38. The Hall–Kier alpha value is -7.87. The van der Waals surface area contributed by atoms with E-state index in [-0.39, 0.29) is 37.9 Å². The highest BCUT2D eigenvalue weighted by Gasteiger charge is 2.40. The maximum atomic E-state index is 14.8. The fourth-order valence-corrected chi connectivity index (χ4v) is 11.1. The topological polar surface area (TPSA) is 276 Å². The number of nitrogens with one attached hydrogen (secondary N) is 4. The Morgan fingerprint density at radius 3 is 1.36 bits per heavy atom. The lowest BCUT2D eigenvalue weighted by Gasteiger charge is -2.36. The van der Waals surface area contributed by atoms with Crippen LogP contribution in [0.15, 0.2) is 121 Å². The lowest BCUT2D eigenvalue weighted by atomic mass is 9.84. The highest BCUT2D eigenvalue weighted by atomic mass is 32.2. The summed E-state index contributed by atoms with van der Waals surface area (Å²) in [5.41, 5.74) is -0.393. The van der Waals surface area contributed by atoms with Gasteiger partial charge in [-0.3, -0.25) is 33.6 Å². The molecular formula is C69H92N4O15S. The molecule has 0 heterocycles. The van der Waals surface area contributed by atoms with Crippen LogP contribution in [0.25, 0.3) is 0 Å². The Morgan fingerprint density at radius 1 is 0.461 bits per heavy atom. The minimum absolute atomic E-state index is 0.0144. The van der Waals surface area contributed by atoms with E-state index in [9.17, 15) is 53.1 Å². The van der Waals surface area contributed by atoms with Crippen LogP contribution in [-0.2, 0) is 73.3 Å². The molecule has 4 amide bonds. The normalized spacial score (nSPS) is 14.0. The molecule has 0 bridgehead atoms. The van der Waals surface area contributed by atoms with Crippen molar-refractivity contribution in [2.75, 3.05) is 5.75 Å². The number of hydrogen-bond acceptors (Lipinski definition) is 15. The number of carboxylic acid groups (broad SMARTS) is 1. The van der Waals surface area contributed by atoms with Gasteiger partial charge in [-0.25, -0.2) is 14.4 Å². The number of rotatable bonds is 32. The molecule has 5 N–H and O–H groups in total. The molecule has 20 heteroatoms. The third-order valence-electron chi connectivity index (χ3n) is 13.5. The van der Waals surface area contributed by atoms with Crippen molar-refractivity contribution in [1.29, 1.82) is 0 Å². The number of amides is 4. The summed E-state index contributed by atoms with van der Waals surface area (Å²) in [6.07, 6.45) is -2.95. The molecule has 0 radical (unpaired) electrons. The molecule has 6 atom stereocenters. The highest BCUT2D eigenvalue weighted by molar-refractivity contribution is 8.00. The zero-order valence-electron chi connectivity index (χ0n) is 53.9. The Labute approximate surface area is 528 Å². The predicted molar refractivity (Wildman–Crippen MR) is 340 cm³/mol. The fourth-order valence-electron chi connectivity index (χ4n) is 9.51. The van der Waals surface area contributed by atoms with Gasteiger partial charge in [-0.05, 0) is 138 Å². The zero-order chi connectivity index (χ0) is 66.3. The van der Waals surface area contributed by atoms with Gasteiger partial charge in [-0.1, -0.05) is 121 Å². The fraction of sp³-hybridized carbons (Fsp3) is 0.507. The average molecular weight is 1250 g/mol. The number of carboxylic acids is 1. The summed E-state index contributed by atoms with van der Waals surface area (Å²) in [5.74, 6) is -9.75. The van der Waals surface area contributed by atoms with Crippen molar-refractivity contribution in [2.45, 2.75) is 206 Å². The second-order valence-corrected chi connectivity index (χ2v) is 27.5. The predicted octanol–water partition coefficient (Wildman–Crippen LogP) is 10.3. The van der Waals surface area contributed by atoms with Crippen LogP contribution in [0.4, 0.5) is 4.79 Å². The smallest absolute Gasteiger partial charge is 0.329 e. The maximum absolute atomic E-state index is 14.8. The van der Waals surface area contributed by atoms with E-state index in [1.165, 1.54) is 11.8 Å². The van der Waals surface area contributed by atoms with E-state index in [1.807, 2.05) is 91.0 Å². The summed E-state index contributed by atoms with van der Waals surface area (Å²) in [6, 6.07) is 32.5. The van der Waals surface area contributed by atoms with Gasteiger partial charge >= 0.3 is 35.9 Å². The lowest BCUT2D eigenvalue weighted by Crippen LogP contribution is -2.50. The van der Waals surface area contributed by atoms with Crippen LogP contribution in [0, 0.1) is 11.8 Å². The largest absolute Gasteiger partial charge is 0.481 e. The number of ketones is 2. The van der Waals surface area contributed by atoms with Crippen LogP contribution < -0.4 is 21.3 Å². The van der Waals surface area contributed by atoms with Crippen molar-refractivity contribution in [3.05, 3.63) is 144 Å². The minimum Gasteiger partial charge on any atom is -0.481 e. The SMILES string of the molecule is C[C@H](CCC(=O)OC(C)(C)C)NC(=O)N[C@@H](CCC(=O)N[C@@H](CCC(=O)C[C@@H](CC(=O)OC(C)(C)C)C(=O)N[C@@H](Cc1ccccc1)C(=O)C[C@@H](CSC(c1ccccc1)(c1ccccc1)c1ccccc1)C(=O)O)C(=O)OC(C)(C)C)C(=O)OC(C)(C)C. The molecule has 0 aliphatic rings. The number of Topliss-reactive ketones (excluding diaryl/α,β-unsaturated/α-hetero) is 2. The van der Waals surface area contributed by atoms with Crippen LogP contribution in [0.5, 0.6) is 0 Å². The Bertz CT molecular complexity index is 2910. The number of urea groups is 1. The highest BCUT2D eigenvalue weighted by Crippen LogP contribution is 2.49. The average Bonchev–Trinajstić information content (AvgIpc) is 1.30. The summed E-state index contributed by atoms with van der Waals surface area (Å²) in [4.78, 5) is 137. The molecule has 0 aliphatic heterocycles. The Kier molecular flexibility index (Phi) is 27.8. The van der Waals surface area contributed by atoms with E-state index >= 15 is 0 Å². The number of hydrogen-bond donors (Lipinski definition) is 5. The monoisotopic (exact) mass is 1250 g/mol. The first-order valence-corrected chi connectivity index (χ1v) is 31.2. The summed E-state index contributed by atoms with van der Waals surface area (Å²) in [6.45, 7) is 21.5. The van der Waals surface area contributed by atoms with Crippen molar-refractivity contribution < 1.29 is 72.0 Å². The second kappa shape index (κ2) is 33.6. The van der Waals surface area contributed by atoms with Crippen LogP contribution in [-0.4, -0.2) is 117 Å². The van der Waals surface area contributed by atoms with Gasteiger partial charge in [0.15, 0.2) is 5.78 Å². The number of benzene rings is 4. The number of esters is 4. The molecule has 0 unspecified atom stereocenters. The quantitative estimate of drug-likeness (QED) is 0.0173. The second-order valence-electron chi connectivity index (χ2n) is 26.2. The Morgan fingerprint density at radius 2 is 0.899 bits per heavy atom. The van der Waals surface area contributed by atoms with E-state index < -0.39 is 155 Å². The summed E-state index contributed by atoms with van der Waals surface area (Å²) < 4.78 is 21.2. The van der Waals surface area contributed by atoms with Crippen molar-refractivity contribution in [1.82, 2.24) is 21.3 Å². The molecule has 0 spiro atoms. The molecule has 4 rings (SSSR count). The van der Waals surface area contributed by atoms with Gasteiger partial charge in [0.1, 0.15) is 40.3 Å². The van der Waals surface area contributed by atoms with Crippen LogP contribution in [0.2, 0.25) is 0 Å². The molecule has 4 aromatic carbocycles. The summed E-state index contributed by atoms with van der Waals surface area (Å²) in [7, 11) is 0. The zero-order valence-corrected chi connectivity index (χ0v) is 54.7. The summed E-state index contributed by atoms with van der Waals surface area (Å²) in [5, 5.41) is 21.5. The molecule has 0 saturated heterocycles. The first-order chi connectivity index (χ1) is 41.5. The van der Waals surface area contributed by atoms with Gasteiger partial charge < -0.3 is 45.3 Å². The maximum Gasteiger partial charge on any atom is 0.329 e. The van der Waals surface area contributed by atoms with E-state index in [2.05, 4.69) is 21.3 Å². The van der Waals surface area contributed by atoms with Gasteiger partial charge in [-0.2, -0.15) is 0 Å². The molecular weight excluding hydrogens is 1160 g/mol. The number of carbonyl (C=O) groups is 10. The van der Waals surface area contributed by atoms with Crippen molar-refractivity contribution in [3.8, 4) is 0 Å². The molecule has 484 valence electrons. The van der Waals surface area contributed by atoms with Crippen molar-refractivity contribution >= 4 is 71.0 Å². The molecule has 0 saturated carbocycles. The van der Waals surface area contributed by atoms with E-state index in [4.69, 9.17) is 18.9 Å². The van der Waals surface area contributed by atoms with Gasteiger partial charge in [0.25, 0.3) is 0 Å². The number of thioether (sulfide) groups is 1. The van der Waals surface area contributed by atoms with Gasteiger partial charge in [0, 0.05) is 43.9 Å². The van der Waals surface area contributed by atoms with Gasteiger partial charge in [0.2, 0.25) is 11.8 Å². The van der Waals surface area contributed by atoms with E-state index in [0.717, 1.165) is 16.7 Å². The van der Waals surface area contributed by atoms with Crippen LogP contribution >= 0.6 is 11.8 Å². The number of carbonyl (C=O) groups excluding carboxylic acids is 9. The number of ether oxygens (including phenoxy) is 4. The first kappa shape index (κ1) is 73.6. The molecule has 0 aromatic heterocycles.